The Morgan fingerprint density at radius 1 is 1.44 bits per heavy atom. The molecule has 0 aliphatic carbocycles. The Hall–Kier alpha value is -1.46. The summed E-state index contributed by atoms with van der Waals surface area (Å²) in [5.74, 6) is -0.203. The molecule has 18 heavy (non-hydrogen) atoms. The monoisotopic (exact) mass is 250 g/mol. The number of ether oxygens (including phenoxy) is 2. The Labute approximate surface area is 107 Å². The van der Waals surface area contributed by atoms with E-state index in [1.807, 2.05) is 19.1 Å². The van der Waals surface area contributed by atoms with Gasteiger partial charge in [0.2, 0.25) is 0 Å². The molecule has 1 fully saturated rings. The van der Waals surface area contributed by atoms with E-state index in [2.05, 4.69) is 9.88 Å². The van der Waals surface area contributed by atoms with Gasteiger partial charge >= 0.3 is 5.97 Å². The molecule has 1 aromatic heterocycles. The Bertz CT molecular complexity index is 377. The first-order valence-corrected chi connectivity index (χ1v) is 6.21. The fourth-order valence-electron chi connectivity index (χ4n) is 2.10. The summed E-state index contributed by atoms with van der Waals surface area (Å²) in [6.45, 7) is 5.01. The lowest BCUT2D eigenvalue weighted by Gasteiger charge is -2.33. The maximum Gasteiger partial charge on any atom is 0.328 e. The molecule has 0 spiro atoms. The summed E-state index contributed by atoms with van der Waals surface area (Å²) in [6.07, 6.45) is 3.39. The van der Waals surface area contributed by atoms with E-state index in [1.165, 1.54) is 0 Å². The van der Waals surface area contributed by atoms with Crippen LogP contribution in [-0.2, 0) is 14.3 Å². The topological polar surface area (TPSA) is 51.7 Å². The highest BCUT2D eigenvalue weighted by Crippen LogP contribution is 2.22. The van der Waals surface area contributed by atoms with Gasteiger partial charge in [0.05, 0.1) is 19.8 Å². The standard InChI is InChI=1S/C13H18N2O3/c1-2-18-13(16)12(11-3-5-14-6-4-11)15-7-9-17-10-8-15/h3-6,12H,2,7-10H2,1H3/t12-/m1/s1. The molecule has 98 valence electrons. The molecule has 1 atom stereocenters. The first kappa shape index (κ1) is 13.0. The van der Waals surface area contributed by atoms with Gasteiger partial charge in [0.25, 0.3) is 0 Å². The highest BCUT2D eigenvalue weighted by atomic mass is 16.5. The van der Waals surface area contributed by atoms with Crippen LogP contribution in [0.2, 0.25) is 0 Å². The number of carbonyl (C=O) groups is 1. The minimum Gasteiger partial charge on any atom is -0.465 e. The molecule has 5 nitrogen and oxygen atoms in total. The van der Waals surface area contributed by atoms with Gasteiger partial charge in [-0.25, -0.2) is 4.79 Å². The summed E-state index contributed by atoms with van der Waals surface area (Å²) >= 11 is 0. The highest BCUT2D eigenvalue weighted by Gasteiger charge is 2.29. The molecule has 0 saturated carbocycles. The number of esters is 1. The van der Waals surface area contributed by atoms with Crippen molar-refractivity contribution in [3.8, 4) is 0 Å². The molecule has 0 radical (unpaired) electrons. The number of hydrogen-bond donors (Lipinski definition) is 0. The maximum absolute atomic E-state index is 12.1. The van der Waals surface area contributed by atoms with Crippen molar-refractivity contribution in [2.75, 3.05) is 32.9 Å². The van der Waals surface area contributed by atoms with Crippen molar-refractivity contribution in [1.82, 2.24) is 9.88 Å². The normalized spacial score (nSPS) is 18.3. The molecule has 2 rings (SSSR count). The van der Waals surface area contributed by atoms with Gasteiger partial charge < -0.3 is 9.47 Å². The number of carbonyl (C=O) groups excluding carboxylic acids is 1. The molecule has 1 aliphatic heterocycles. The summed E-state index contributed by atoms with van der Waals surface area (Å²) in [7, 11) is 0. The molecule has 0 aromatic carbocycles. The van der Waals surface area contributed by atoms with E-state index in [4.69, 9.17) is 9.47 Å². The summed E-state index contributed by atoms with van der Waals surface area (Å²) in [5, 5.41) is 0. The summed E-state index contributed by atoms with van der Waals surface area (Å²) < 4.78 is 10.5. The lowest BCUT2D eigenvalue weighted by molar-refractivity contribution is -0.151. The van der Waals surface area contributed by atoms with Gasteiger partial charge in [-0.1, -0.05) is 0 Å². The lowest BCUT2D eigenvalue weighted by atomic mass is 10.1. The van der Waals surface area contributed by atoms with Crippen molar-refractivity contribution in [2.45, 2.75) is 13.0 Å². The number of hydrogen-bond acceptors (Lipinski definition) is 5. The Kier molecular flexibility index (Phi) is 4.66. The van der Waals surface area contributed by atoms with Crippen LogP contribution in [0.3, 0.4) is 0 Å². The zero-order valence-corrected chi connectivity index (χ0v) is 10.5. The molecule has 1 aromatic rings. The van der Waals surface area contributed by atoms with Crippen molar-refractivity contribution in [1.29, 1.82) is 0 Å². The second-order valence-corrected chi connectivity index (χ2v) is 4.08. The van der Waals surface area contributed by atoms with Crippen LogP contribution in [0.25, 0.3) is 0 Å². The second-order valence-electron chi connectivity index (χ2n) is 4.08. The molecule has 0 amide bonds. The molecule has 5 heteroatoms. The van der Waals surface area contributed by atoms with Gasteiger partial charge in [-0.05, 0) is 24.6 Å². The van der Waals surface area contributed by atoms with E-state index in [0.29, 0.717) is 19.8 Å². The van der Waals surface area contributed by atoms with Crippen molar-refractivity contribution < 1.29 is 14.3 Å². The van der Waals surface area contributed by atoms with Crippen LogP contribution in [0.15, 0.2) is 24.5 Å². The zero-order chi connectivity index (χ0) is 12.8. The Morgan fingerprint density at radius 3 is 2.72 bits per heavy atom. The largest absolute Gasteiger partial charge is 0.465 e. The van der Waals surface area contributed by atoms with E-state index in [0.717, 1.165) is 18.7 Å². The van der Waals surface area contributed by atoms with Gasteiger partial charge in [-0.3, -0.25) is 9.88 Å². The third kappa shape index (κ3) is 3.05. The third-order valence-corrected chi connectivity index (χ3v) is 2.94. The van der Waals surface area contributed by atoms with Crippen molar-refractivity contribution in [2.24, 2.45) is 0 Å². The van der Waals surface area contributed by atoms with Crippen LogP contribution in [0, 0.1) is 0 Å². The van der Waals surface area contributed by atoms with Crippen LogP contribution < -0.4 is 0 Å². The first-order chi connectivity index (χ1) is 8.83. The molecule has 0 unspecified atom stereocenters. The minimum atomic E-state index is -0.350. The van der Waals surface area contributed by atoms with E-state index < -0.39 is 0 Å². The minimum absolute atomic E-state index is 0.203. The molecule has 1 saturated heterocycles. The average Bonchev–Trinajstić information content (AvgIpc) is 2.42. The van der Waals surface area contributed by atoms with Crippen molar-refractivity contribution in [3.05, 3.63) is 30.1 Å². The number of morpholine rings is 1. The number of nitrogens with zero attached hydrogens (tertiary/aromatic N) is 2. The second kappa shape index (κ2) is 6.47. The van der Waals surface area contributed by atoms with Gasteiger partial charge in [0, 0.05) is 25.5 Å². The van der Waals surface area contributed by atoms with E-state index >= 15 is 0 Å². The third-order valence-electron chi connectivity index (χ3n) is 2.94. The van der Waals surface area contributed by atoms with E-state index in [-0.39, 0.29) is 12.0 Å². The average molecular weight is 250 g/mol. The maximum atomic E-state index is 12.1. The molecular formula is C13H18N2O3. The summed E-state index contributed by atoms with van der Waals surface area (Å²) in [4.78, 5) is 18.2. The van der Waals surface area contributed by atoms with E-state index in [9.17, 15) is 4.79 Å². The number of aromatic nitrogens is 1. The molecule has 2 heterocycles. The van der Waals surface area contributed by atoms with E-state index in [1.54, 1.807) is 12.4 Å². The lowest BCUT2D eigenvalue weighted by Crippen LogP contribution is -2.42. The fourth-order valence-corrected chi connectivity index (χ4v) is 2.10. The van der Waals surface area contributed by atoms with Gasteiger partial charge in [0.1, 0.15) is 6.04 Å². The van der Waals surface area contributed by atoms with Gasteiger partial charge in [0.15, 0.2) is 0 Å². The quantitative estimate of drug-likeness (QED) is 0.747. The molecular weight excluding hydrogens is 232 g/mol. The van der Waals surface area contributed by atoms with Gasteiger partial charge in [-0.2, -0.15) is 0 Å². The smallest absolute Gasteiger partial charge is 0.328 e. The number of rotatable bonds is 4. The summed E-state index contributed by atoms with van der Waals surface area (Å²) in [6, 6.07) is 3.37. The highest BCUT2D eigenvalue weighted by molar-refractivity contribution is 5.77. The SMILES string of the molecule is CCOC(=O)[C@@H](c1ccncc1)N1CCOCC1. The van der Waals surface area contributed by atoms with Crippen LogP contribution in [0.5, 0.6) is 0 Å². The van der Waals surface area contributed by atoms with Crippen LogP contribution in [0.1, 0.15) is 18.5 Å². The van der Waals surface area contributed by atoms with Crippen molar-refractivity contribution >= 4 is 5.97 Å². The first-order valence-electron chi connectivity index (χ1n) is 6.21. The van der Waals surface area contributed by atoms with Crippen LogP contribution in [-0.4, -0.2) is 48.8 Å². The van der Waals surface area contributed by atoms with Gasteiger partial charge in [-0.15, -0.1) is 0 Å². The Balaban J connectivity index is 2.19. The zero-order valence-electron chi connectivity index (χ0n) is 10.5. The Morgan fingerprint density at radius 2 is 2.11 bits per heavy atom. The fraction of sp³-hybridized carbons (Fsp3) is 0.538. The predicted molar refractivity (Wildman–Crippen MR) is 66.0 cm³/mol. The van der Waals surface area contributed by atoms with Crippen molar-refractivity contribution in [3.63, 3.8) is 0 Å². The summed E-state index contributed by atoms with van der Waals surface area (Å²) in [5.41, 5.74) is 0.922. The van der Waals surface area contributed by atoms with Crippen LogP contribution >= 0.6 is 0 Å². The molecule has 0 N–H and O–H groups in total. The van der Waals surface area contributed by atoms with Crippen LogP contribution in [0.4, 0.5) is 0 Å². The molecule has 0 bridgehead atoms. The number of pyridine rings is 1. The predicted octanol–water partition coefficient (Wildman–Crippen LogP) is 1.02. The molecule has 1 aliphatic rings.